The minimum atomic E-state index is -0.739. The quantitative estimate of drug-likeness (QED) is 0.838. The fraction of sp³-hybridized carbons (Fsp3) is 0.600. The monoisotopic (exact) mass is 342 g/mol. The van der Waals surface area contributed by atoms with Crippen LogP contribution in [-0.2, 0) is 22.0 Å². The highest BCUT2D eigenvalue weighted by molar-refractivity contribution is 9.10. The first-order valence-corrected chi connectivity index (χ1v) is 9.15. The zero-order chi connectivity index (χ0) is 13.2. The van der Waals surface area contributed by atoms with Crippen LogP contribution in [0, 0.1) is 5.92 Å². The lowest BCUT2D eigenvalue weighted by atomic mass is 10.0. The van der Waals surface area contributed by atoms with Crippen molar-refractivity contribution < 1.29 is 8.95 Å². The van der Waals surface area contributed by atoms with E-state index in [1.54, 1.807) is 0 Å². The van der Waals surface area contributed by atoms with E-state index in [4.69, 9.17) is 4.74 Å². The minimum absolute atomic E-state index is 0.246. The van der Waals surface area contributed by atoms with E-state index in [2.05, 4.69) is 34.1 Å². The van der Waals surface area contributed by atoms with Gasteiger partial charge < -0.3 is 4.74 Å². The van der Waals surface area contributed by atoms with Gasteiger partial charge in [-0.15, -0.1) is 0 Å². The molecule has 1 aliphatic heterocycles. The van der Waals surface area contributed by atoms with E-state index >= 15 is 0 Å². The smallest absolute Gasteiger partial charge is 0.0603 e. The van der Waals surface area contributed by atoms with E-state index in [9.17, 15) is 4.21 Å². The van der Waals surface area contributed by atoms with Gasteiger partial charge in [-0.25, -0.2) is 0 Å². The summed E-state index contributed by atoms with van der Waals surface area (Å²) in [6.07, 6.45) is 4.24. The van der Waals surface area contributed by atoms with Crippen molar-refractivity contribution in [2.75, 3.05) is 19.0 Å². The Hall–Kier alpha value is -0.190. The van der Waals surface area contributed by atoms with Crippen LogP contribution in [0.4, 0.5) is 0 Å². The molecule has 0 aromatic heterocycles. The molecule has 0 unspecified atom stereocenters. The zero-order valence-electron chi connectivity index (χ0n) is 10.9. The number of fused-ring (bicyclic) bond motifs is 1. The van der Waals surface area contributed by atoms with Gasteiger partial charge in [-0.2, -0.15) is 0 Å². The van der Waals surface area contributed by atoms with E-state index in [0.717, 1.165) is 44.6 Å². The van der Waals surface area contributed by atoms with Crippen molar-refractivity contribution in [1.82, 2.24) is 0 Å². The van der Waals surface area contributed by atoms with Crippen molar-refractivity contribution in [2.45, 2.75) is 30.9 Å². The second-order valence-corrected chi connectivity index (χ2v) is 7.96. The lowest BCUT2D eigenvalue weighted by Crippen LogP contribution is -2.22. The van der Waals surface area contributed by atoms with Gasteiger partial charge in [0.05, 0.1) is 5.25 Å². The van der Waals surface area contributed by atoms with Crippen molar-refractivity contribution in [3.8, 4) is 0 Å². The summed E-state index contributed by atoms with van der Waals surface area (Å²) in [6, 6.07) is 6.30. The summed E-state index contributed by atoms with van der Waals surface area (Å²) in [5, 5.41) is 0.246. The van der Waals surface area contributed by atoms with E-state index in [1.165, 1.54) is 15.6 Å². The normalized spacial score (nSPS) is 25.2. The third-order valence-electron chi connectivity index (χ3n) is 4.22. The first-order chi connectivity index (χ1) is 9.25. The molecule has 1 aromatic rings. The molecule has 0 bridgehead atoms. The number of ether oxygens (including phenoxy) is 1. The van der Waals surface area contributed by atoms with Crippen LogP contribution >= 0.6 is 15.9 Å². The summed E-state index contributed by atoms with van der Waals surface area (Å²) in [4.78, 5) is 0. The highest BCUT2D eigenvalue weighted by atomic mass is 79.9. The van der Waals surface area contributed by atoms with Crippen molar-refractivity contribution in [3.05, 3.63) is 33.8 Å². The molecule has 2 nitrogen and oxygen atoms in total. The highest BCUT2D eigenvalue weighted by Crippen LogP contribution is 2.39. The average Bonchev–Trinajstić information content (AvgIpc) is 2.85. The Bertz CT molecular complexity index is 483. The third-order valence-corrected chi connectivity index (χ3v) is 6.88. The van der Waals surface area contributed by atoms with Crippen LogP contribution in [-0.4, -0.2) is 23.2 Å². The Morgan fingerprint density at radius 3 is 2.84 bits per heavy atom. The van der Waals surface area contributed by atoms with Crippen molar-refractivity contribution in [2.24, 2.45) is 5.92 Å². The fourth-order valence-corrected chi connectivity index (χ4v) is 5.60. The van der Waals surface area contributed by atoms with Gasteiger partial charge in [0, 0.05) is 34.2 Å². The molecular weight excluding hydrogens is 324 g/mol. The molecule has 19 heavy (non-hydrogen) atoms. The van der Waals surface area contributed by atoms with Crippen LogP contribution in [0.15, 0.2) is 22.7 Å². The summed E-state index contributed by atoms with van der Waals surface area (Å²) in [7, 11) is -0.739. The fourth-order valence-electron chi connectivity index (χ4n) is 3.11. The van der Waals surface area contributed by atoms with E-state index in [1.807, 2.05) is 0 Å². The molecule has 0 amide bonds. The predicted octanol–water partition coefficient (Wildman–Crippen LogP) is 3.61. The molecular formula is C15H19BrO2S. The maximum atomic E-state index is 12.6. The Morgan fingerprint density at radius 2 is 2.05 bits per heavy atom. The van der Waals surface area contributed by atoms with Gasteiger partial charge >= 0.3 is 0 Å². The van der Waals surface area contributed by atoms with E-state index in [0.29, 0.717) is 5.92 Å². The minimum Gasteiger partial charge on any atom is -0.381 e. The Morgan fingerprint density at radius 1 is 1.26 bits per heavy atom. The molecule has 104 valence electrons. The molecule has 2 atom stereocenters. The first-order valence-electron chi connectivity index (χ1n) is 6.98. The molecule has 1 aromatic carbocycles. The number of hydrogen-bond acceptors (Lipinski definition) is 2. The second kappa shape index (κ2) is 6.06. The van der Waals surface area contributed by atoms with Gasteiger partial charge in [0.2, 0.25) is 0 Å². The lowest BCUT2D eigenvalue weighted by Gasteiger charge is -2.23. The highest BCUT2D eigenvalue weighted by Gasteiger charge is 2.30. The molecule has 0 spiro atoms. The van der Waals surface area contributed by atoms with Crippen LogP contribution in [0.3, 0.4) is 0 Å². The molecule has 1 fully saturated rings. The van der Waals surface area contributed by atoms with Gasteiger partial charge in [-0.05, 0) is 48.8 Å². The number of benzene rings is 1. The first kappa shape index (κ1) is 13.8. The summed E-state index contributed by atoms with van der Waals surface area (Å²) in [5.41, 5.74) is 2.67. The Kier molecular flexibility index (Phi) is 4.40. The van der Waals surface area contributed by atoms with E-state index < -0.39 is 10.8 Å². The third kappa shape index (κ3) is 2.96. The van der Waals surface area contributed by atoms with Crippen LogP contribution < -0.4 is 0 Å². The molecule has 0 N–H and O–H groups in total. The van der Waals surface area contributed by atoms with Crippen LogP contribution in [0.2, 0.25) is 0 Å². The van der Waals surface area contributed by atoms with Gasteiger partial charge in [-0.1, -0.05) is 28.1 Å². The molecule has 2 aliphatic rings. The van der Waals surface area contributed by atoms with Crippen LogP contribution in [0.5, 0.6) is 0 Å². The van der Waals surface area contributed by atoms with Crippen LogP contribution in [0.1, 0.15) is 35.6 Å². The molecule has 0 radical (unpaired) electrons. The average molecular weight is 343 g/mol. The van der Waals surface area contributed by atoms with Crippen LogP contribution in [0.25, 0.3) is 0 Å². The summed E-state index contributed by atoms with van der Waals surface area (Å²) < 4.78 is 19.2. The number of halogens is 1. The van der Waals surface area contributed by atoms with Crippen molar-refractivity contribution in [1.29, 1.82) is 0 Å². The molecule has 1 aliphatic carbocycles. The predicted molar refractivity (Wildman–Crippen MR) is 81.8 cm³/mol. The van der Waals surface area contributed by atoms with E-state index in [-0.39, 0.29) is 5.25 Å². The number of rotatable bonds is 3. The van der Waals surface area contributed by atoms with Gasteiger partial charge in [0.1, 0.15) is 0 Å². The standard InChI is InChI=1S/C15H19BrO2S/c16-14-3-1-2-13-12(14)4-5-15(13)19(17)10-11-6-8-18-9-7-11/h1-3,11,15H,4-10H2/t15-,19+/m1/s1. The zero-order valence-corrected chi connectivity index (χ0v) is 13.3. The molecule has 1 heterocycles. The van der Waals surface area contributed by atoms with Gasteiger partial charge in [0.25, 0.3) is 0 Å². The Balaban J connectivity index is 1.71. The molecule has 4 heteroatoms. The van der Waals surface area contributed by atoms with Gasteiger partial charge in [-0.3, -0.25) is 4.21 Å². The van der Waals surface area contributed by atoms with Crippen molar-refractivity contribution >= 4 is 26.7 Å². The maximum Gasteiger partial charge on any atom is 0.0603 e. The maximum absolute atomic E-state index is 12.6. The molecule has 0 saturated carbocycles. The lowest BCUT2D eigenvalue weighted by molar-refractivity contribution is 0.0725. The Labute approximate surface area is 125 Å². The largest absolute Gasteiger partial charge is 0.381 e. The summed E-state index contributed by atoms with van der Waals surface area (Å²) in [5.74, 6) is 1.44. The van der Waals surface area contributed by atoms with Crippen molar-refractivity contribution in [3.63, 3.8) is 0 Å². The molecule has 1 saturated heterocycles. The summed E-state index contributed by atoms with van der Waals surface area (Å²) in [6.45, 7) is 1.68. The second-order valence-electron chi connectivity index (χ2n) is 5.44. The molecule has 3 rings (SSSR count). The summed E-state index contributed by atoms with van der Waals surface area (Å²) >= 11 is 3.61. The van der Waals surface area contributed by atoms with Gasteiger partial charge in [0.15, 0.2) is 0 Å². The SMILES string of the molecule is O=[S@@](CC1CCOCC1)[C@@H]1CCc2c(Br)cccc21. The number of hydrogen-bond donors (Lipinski definition) is 0. The topological polar surface area (TPSA) is 26.3 Å².